The van der Waals surface area contributed by atoms with E-state index in [-0.39, 0.29) is 30.6 Å². The monoisotopic (exact) mass is 368 g/mol. The molecule has 1 aromatic rings. The zero-order valence-electron chi connectivity index (χ0n) is 14.7. The summed E-state index contributed by atoms with van der Waals surface area (Å²) in [5.74, 6) is -0.172. The second kappa shape index (κ2) is 9.75. The Morgan fingerprint density at radius 3 is 2.84 bits per heavy atom. The number of ether oxygens (including phenoxy) is 2. The number of nitrogens with one attached hydrogen (secondary N) is 1. The third-order valence-corrected chi connectivity index (χ3v) is 4.52. The van der Waals surface area contributed by atoms with Gasteiger partial charge in [0.1, 0.15) is 12.7 Å². The van der Waals surface area contributed by atoms with E-state index >= 15 is 0 Å². The lowest BCUT2D eigenvalue weighted by molar-refractivity contribution is -0.141. The highest BCUT2D eigenvalue weighted by molar-refractivity contribution is 6.31. The zero-order chi connectivity index (χ0) is 18.2. The van der Waals surface area contributed by atoms with Crippen molar-refractivity contribution in [1.82, 2.24) is 10.2 Å². The predicted octanol–water partition coefficient (Wildman–Crippen LogP) is 1.65. The summed E-state index contributed by atoms with van der Waals surface area (Å²) in [4.78, 5) is 25.4. The molecule has 0 unspecified atom stereocenters. The van der Waals surface area contributed by atoms with Crippen LogP contribution in [-0.2, 0) is 25.5 Å². The van der Waals surface area contributed by atoms with Gasteiger partial charge in [0.15, 0.2) is 0 Å². The number of halogens is 1. The summed E-state index contributed by atoms with van der Waals surface area (Å²) in [6, 6.07) is 7.36. The Morgan fingerprint density at radius 1 is 1.36 bits per heavy atom. The average Bonchev–Trinajstić information content (AvgIpc) is 2.60. The van der Waals surface area contributed by atoms with Crippen LogP contribution >= 0.6 is 11.6 Å². The van der Waals surface area contributed by atoms with Crippen LogP contribution in [0.15, 0.2) is 24.3 Å². The zero-order valence-corrected chi connectivity index (χ0v) is 15.4. The quantitative estimate of drug-likeness (QED) is 0.794. The molecule has 25 heavy (non-hydrogen) atoms. The second-order valence-corrected chi connectivity index (χ2v) is 6.67. The molecular weight excluding hydrogens is 344 g/mol. The van der Waals surface area contributed by atoms with E-state index in [0.29, 0.717) is 37.5 Å². The van der Waals surface area contributed by atoms with Gasteiger partial charge in [0.25, 0.3) is 0 Å². The molecule has 7 heteroatoms. The van der Waals surface area contributed by atoms with Gasteiger partial charge in [0.05, 0.1) is 12.6 Å². The van der Waals surface area contributed by atoms with Gasteiger partial charge >= 0.3 is 0 Å². The lowest BCUT2D eigenvalue weighted by Crippen LogP contribution is -2.50. The fraction of sp³-hybridized carbons (Fsp3) is 0.556. The fourth-order valence-electron chi connectivity index (χ4n) is 2.58. The number of nitrogens with zero attached hydrogens (tertiary/aromatic N) is 1. The summed E-state index contributed by atoms with van der Waals surface area (Å²) in [5.41, 5.74) is 0.954. The molecule has 2 amide bonds. The van der Waals surface area contributed by atoms with Crippen LogP contribution in [0.25, 0.3) is 0 Å². The third kappa shape index (κ3) is 6.30. The fourth-order valence-corrected chi connectivity index (χ4v) is 2.81. The summed E-state index contributed by atoms with van der Waals surface area (Å²) in [6.45, 7) is 0.917. The van der Waals surface area contributed by atoms with Crippen molar-refractivity contribution in [3.63, 3.8) is 0 Å². The first-order valence-corrected chi connectivity index (χ1v) is 8.77. The number of carbonyl (C=O) groups excluding carboxylic acids is 2. The minimum Gasteiger partial charge on any atom is -0.379 e. The summed E-state index contributed by atoms with van der Waals surface area (Å²) in [6.07, 6.45) is 1.28. The molecular formula is C18H25ClN2O4. The smallest absolute Gasteiger partial charge is 0.248 e. The van der Waals surface area contributed by atoms with E-state index in [1.807, 2.05) is 24.3 Å². The summed E-state index contributed by atoms with van der Waals surface area (Å²) < 4.78 is 11.1. The lowest BCUT2D eigenvalue weighted by Gasteiger charge is -2.32. The van der Waals surface area contributed by atoms with Crippen LogP contribution < -0.4 is 5.32 Å². The van der Waals surface area contributed by atoms with E-state index < -0.39 is 0 Å². The van der Waals surface area contributed by atoms with Gasteiger partial charge in [-0.05, 0) is 24.5 Å². The molecule has 0 radical (unpaired) electrons. The second-order valence-electron chi connectivity index (χ2n) is 6.27. The van der Waals surface area contributed by atoms with Gasteiger partial charge in [-0.2, -0.15) is 0 Å². The van der Waals surface area contributed by atoms with Crippen LogP contribution in [0.3, 0.4) is 0 Å². The Labute approximate surface area is 153 Å². The number of likely N-dealkylation sites (N-methyl/N-ethyl adjacent to an activating group) is 1. The Bertz CT molecular complexity index is 594. The maximum absolute atomic E-state index is 12.3. The van der Waals surface area contributed by atoms with Crippen LogP contribution in [0.5, 0.6) is 0 Å². The molecule has 2 atom stereocenters. The van der Waals surface area contributed by atoms with Crippen LogP contribution in [0, 0.1) is 0 Å². The number of amides is 2. The van der Waals surface area contributed by atoms with Crippen molar-refractivity contribution >= 4 is 23.4 Å². The van der Waals surface area contributed by atoms with Crippen molar-refractivity contribution in [3.05, 3.63) is 34.9 Å². The number of carbonyl (C=O) groups is 2. The molecule has 2 rings (SSSR count). The predicted molar refractivity (Wildman–Crippen MR) is 95.6 cm³/mol. The minimum absolute atomic E-state index is 0.0208. The van der Waals surface area contributed by atoms with E-state index in [1.165, 1.54) is 4.90 Å². The van der Waals surface area contributed by atoms with Gasteiger partial charge in [-0.25, -0.2) is 0 Å². The first kappa shape index (κ1) is 19.7. The van der Waals surface area contributed by atoms with Crippen molar-refractivity contribution < 1.29 is 19.1 Å². The number of hydrogen-bond acceptors (Lipinski definition) is 4. The van der Waals surface area contributed by atoms with Gasteiger partial charge in [0, 0.05) is 32.1 Å². The molecule has 0 aromatic heterocycles. The Balaban J connectivity index is 1.82. The maximum Gasteiger partial charge on any atom is 0.248 e. The first-order valence-electron chi connectivity index (χ1n) is 8.39. The maximum atomic E-state index is 12.3. The SMILES string of the molecule is CN(C)C(=O)CO[C@@H]1COCC[C@H]1NC(=O)CCc1ccccc1Cl. The number of rotatable bonds is 7. The topological polar surface area (TPSA) is 67.9 Å². The molecule has 0 aliphatic carbocycles. The third-order valence-electron chi connectivity index (χ3n) is 4.15. The van der Waals surface area contributed by atoms with Crippen molar-refractivity contribution in [1.29, 1.82) is 0 Å². The molecule has 1 aliphatic rings. The molecule has 6 nitrogen and oxygen atoms in total. The van der Waals surface area contributed by atoms with Crippen LogP contribution in [0.4, 0.5) is 0 Å². The molecule has 1 fully saturated rings. The Hall–Kier alpha value is -1.63. The molecule has 1 aromatic carbocycles. The standard InChI is InChI=1S/C18H25ClN2O4/c1-21(2)18(23)12-25-16-11-24-10-9-15(16)20-17(22)8-7-13-5-3-4-6-14(13)19/h3-6,15-16H,7-12H2,1-2H3,(H,20,22)/t15-,16-/m1/s1. The minimum atomic E-state index is -0.318. The average molecular weight is 369 g/mol. The largest absolute Gasteiger partial charge is 0.379 e. The van der Waals surface area contributed by atoms with E-state index in [9.17, 15) is 9.59 Å². The van der Waals surface area contributed by atoms with Crippen molar-refractivity contribution in [3.8, 4) is 0 Å². The highest BCUT2D eigenvalue weighted by atomic mass is 35.5. The van der Waals surface area contributed by atoms with Gasteiger partial charge in [-0.1, -0.05) is 29.8 Å². The van der Waals surface area contributed by atoms with Gasteiger partial charge < -0.3 is 19.7 Å². The van der Waals surface area contributed by atoms with E-state index in [4.69, 9.17) is 21.1 Å². The molecule has 1 N–H and O–H groups in total. The van der Waals surface area contributed by atoms with Gasteiger partial charge in [-0.15, -0.1) is 0 Å². The number of aryl methyl sites for hydroxylation is 1. The Kier molecular flexibility index (Phi) is 7.68. The molecule has 0 spiro atoms. The molecule has 1 aliphatic heterocycles. The molecule has 1 saturated heterocycles. The highest BCUT2D eigenvalue weighted by Crippen LogP contribution is 2.17. The number of benzene rings is 1. The molecule has 1 heterocycles. The lowest BCUT2D eigenvalue weighted by atomic mass is 10.0. The molecule has 138 valence electrons. The van der Waals surface area contributed by atoms with Crippen molar-refractivity contribution in [2.24, 2.45) is 0 Å². The van der Waals surface area contributed by atoms with Crippen LogP contribution in [0.1, 0.15) is 18.4 Å². The van der Waals surface area contributed by atoms with Crippen molar-refractivity contribution in [2.45, 2.75) is 31.4 Å². The molecule has 0 saturated carbocycles. The number of hydrogen-bond donors (Lipinski definition) is 1. The summed E-state index contributed by atoms with van der Waals surface area (Å²) in [5, 5.41) is 3.67. The van der Waals surface area contributed by atoms with Gasteiger partial charge in [0.2, 0.25) is 11.8 Å². The van der Waals surface area contributed by atoms with Crippen LogP contribution in [-0.4, -0.2) is 62.8 Å². The van der Waals surface area contributed by atoms with E-state index in [2.05, 4.69) is 5.32 Å². The summed E-state index contributed by atoms with van der Waals surface area (Å²) >= 11 is 6.12. The van der Waals surface area contributed by atoms with Gasteiger partial charge in [-0.3, -0.25) is 9.59 Å². The highest BCUT2D eigenvalue weighted by Gasteiger charge is 2.28. The van der Waals surface area contributed by atoms with E-state index in [1.54, 1.807) is 14.1 Å². The van der Waals surface area contributed by atoms with Crippen LogP contribution in [0.2, 0.25) is 5.02 Å². The van der Waals surface area contributed by atoms with Crippen molar-refractivity contribution in [2.75, 3.05) is 33.9 Å². The first-order chi connectivity index (χ1) is 12.0. The van der Waals surface area contributed by atoms with E-state index in [0.717, 1.165) is 5.56 Å². The molecule has 0 bridgehead atoms. The normalized spacial score (nSPS) is 20.1. The Morgan fingerprint density at radius 2 is 2.12 bits per heavy atom. The summed E-state index contributed by atoms with van der Waals surface area (Å²) in [7, 11) is 3.36.